The first kappa shape index (κ1) is 18.9. The molecule has 0 aliphatic rings. The minimum absolute atomic E-state index is 0.0803. The Morgan fingerprint density at radius 1 is 0.852 bits per heavy atom. The highest BCUT2D eigenvalue weighted by atomic mass is 32.2. The summed E-state index contributed by atoms with van der Waals surface area (Å²) in [6, 6.07) is 21.5. The lowest BCUT2D eigenvalue weighted by Gasteiger charge is -2.11. The molecule has 0 amide bonds. The maximum Gasteiger partial charge on any atom is 0.294 e. The molecular formula is C21H20O5S. The molecule has 0 saturated heterocycles. The summed E-state index contributed by atoms with van der Waals surface area (Å²) in [7, 11) is -4.25. The van der Waals surface area contributed by atoms with Gasteiger partial charge in [-0.05, 0) is 55.0 Å². The molecule has 5 nitrogen and oxygen atoms in total. The lowest BCUT2D eigenvalue weighted by Crippen LogP contribution is -2.08. The van der Waals surface area contributed by atoms with Gasteiger partial charge in [0.1, 0.15) is 17.2 Å². The normalized spacial score (nSPS) is 11.2. The Bertz CT molecular complexity index is 997. The molecule has 0 aliphatic heterocycles. The molecule has 27 heavy (non-hydrogen) atoms. The smallest absolute Gasteiger partial charge is 0.294 e. The molecule has 0 aliphatic carbocycles. The van der Waals surface area contributed by atoms with Gasteiger partial charge in [0.05, 0.1) is 11.5 Å². The molecular weight excluding hydrogens is 364 g/mol. The third-order valence-electron chi connectivity index (χ3n) is 3.94. The zero-order valence-electron chi connectivity index (χ0n) is 14.8. The van der Waals surface area contributed by atoms with Crippen LogP contribution in [0.5, 0.6) is 17.2 Å². The predicted molar refractivity (Wildman–Crippen MR) is 103 cm³/mol. The average molecular weight is 384 g/mol. The number of ether oxygens (including phenoxy) is 2. The van der Waals surface area contributed by atoms with Crippen molar-refractivity contribution in [2.24, 2.45) is 0 Å². The average Bonchev–Trinajstić information content (AvgIpc) is 2.63. The van der Waals surface area contributed by atoms with Crippen LogP contribution < -0.4 is 9.47 Å². The first-order valence-corrected chi connectivity index (χ1v) is 9.88. The van der Waals surface area contributed by atoms with Crippen molar-refractivity contribution in [2.45, 2.75) is 18.2 Å². The molecule has 0 radical (unpaired) electrons. The molecule has 1 N–H and O–H groups in total. The second-order valence-electron chi connectivity index (χ2n) is 6.07. The van der Waals surface area contributed by atoms with E-state index < -0.39 is 10.1 Å². The summed E-state index contributed by atoms with van der Waals surface area (Å²) < 4.78 is 43.7. The largest absolute Gasteiger partial charge is 0.493 e. The van der Waals surface area contributed by atoms with Gasteiger partial charge in [-0.2, -0.15) is 8.42 Å². The Morgan fingerprint density at radius 2 is 1.48 bits per heavy atom. The Hall–Kier alpha value is -2.83. The number of para-hydroxylation sites is 1. The molecule has 0 heterocycles. The van der Waals surface area contributed by atoms with E-state index in [1.54, 1.807) is 36.4 Å². The van der Waals surface area contributed by atoms with Crippen LogP contribution in [0.4, 0.5) is 0 Å². The monoisotopic (exact) mass is 384 g/mol. The first-order chi connectivity index (χ1) is 12.9. The maximum atomic E-state index is 11.5. The number of hydrogen-bond donors (Lipinski definition) is 1. The number of benzene rings is 3. The van der Waals surface area contributed by atoms with Crippen molar-refractivity contribution in [3.8, 4) is 17.2 Å². The maximum absolute atomic E-state index is 11.5. The Labute approximate surface area is 158 Å². The summed E-state index contributed by atoms with van der Waals surface area (Å²) in [6.45, 7) is 2.15. The Kier molecular flexibility index (Phi) is 5.78. The van der Waals surface area contributed by atoms with Gasteiger partial charge in [0.2, 0.25) is 0 Å². The molecule has 0 fully saturated rings. The van der Waals surface area contributed by atoms with Crippen molar-refractivity contribution in [1.82, 2.24) is 0 Å². The van der Waals surface area contributed by atoms with Gasteiger partial charge in [0.15, 0.2) is 0 Å². The third kappa shape index (κ3) is 5.32. The highest BCUT2D eigenvalue weighted by Crippen LogP contribution is 2.24. The van der Waals surface area contributed by atoms with Crippen molar-refractivity contribution in [3.05, 3.63) is 83.9 Å². The fourth-order valence-corrected chi connectivity index (χ4v) is 3.39. The van der Waals surface area contributed by atoms with Crippen molar-refractivity contribution in [1.29, 1.82) is 0 Å². The van der Waals surface area contributed by atoms with Gasteiger partial charge >= 0.3 is 0 Å². The van der Waals surface area contributed by atoms with E-state index in [4.69, 9.17) is 9.47 Å². The molecule has 0 spiro atoms. The summed E-state index contributed by atoms with van der Waals surface area (Å²) in [5.41, 5.74) is 1.45. The first-order valence-electron chi connectivity index (χ1n) is 8.44. The summed E-state index contributed by atoms with van der Waals surface area (Å²) in [5, 5.41) is 0. The van der Waals surface area contributed by atoms with E-state index in [9.17, 15) is 13.0 Å². The van der Waals surface area contributed by atoms with Crippen LogP contribution in [0.1, 0.15) is 11.1 Å². The van der Waals surface area contributed by atoms with Crippen LogP contribution in [-0.2, 0) is 16.5 Å². The van der Waals surface area contributed by atoms with Crippen LogP contribution in [0.2, 0.25) is 0 Å². The third-order valence-corrected chi connectivity index (χ3v) is 4.89. The lowest BCUT2D eigenvalue weighted by atomic mass is 10.1. The van der Waals surface area contributed by atoms with Crippen LogP contribution >= 0.6 is 0 Å². The van der Waals surface area contributed by atoms with Crippen molar-refractivity contribution in [2.75, 3.05) is 6.61 Å². The number of aryl methyl sites for hydroxylation is 1. The van der Waals surface area contributed by atoms with E-state index >= 15 is 0 Å². The minimum atomic E-state index is -4.25. The fraction of sp³-hybridized carbons (Fsp3) is 0.143. The molecule has 0 bridgehead atoms. The van der Waals surface area contributed by atoms with Crippen molar-refractivity contribution < 1.29 is 22.4 Å². The van der Waals surface area contributed by atoms with E-state index in [-0.39, 0.29) is 11.5 Å². The van der Waals surface area contributed by atoms with E-state index in [2.05, 4.69) is 0 Å². The standard InChI is InChI=1S/C21H20O5S/c1-16-7-12-21(27(22,23)24)17(15-16)13-14-25-18-8-10-20(11-9-18)26-19-5-3-2-4-6-19/h2-12,15H,13-14H2,1H3,(H,22,23,24). The molecule has 0 saturated carbocycles. The van der Waals surface area contributed by atoms with Gasteiger partial charge < -0.3 is 9.47 Å². The quantitative estimate of drug-likeness (QED) is 0.600. The van der Waals surface area contributed by atoms with Gasteiger partial charge in [-0.3, -0.25) is 4.55 Å². The summed E-state index contributed by atoms with van der Waals surface area (Å²) in [5.74, 6) is 2.10. The zero-order chi connectivity index (χ0) is 19.3. The Morgan fingerprint density at radius 3 is 2.15 bits per heavy atom. The molecule has 0 atom stereocenters. The topological polar surface area (TPSA) is 72.8 Å². The second kappa shape index (κ2) is 8.24. The van der Waals surface area contributed by atoms with Gasteiger partial charge in [-0.25, -0.2) is 0 Å². The van der Waals surface area contributed by atoms with Crippen LogP contribution in [-0.4, -0.2) is 19.6 Å². The molecule has 0 aromatic heterocycles. The van der Waals surface area contributed by atoms with Gasteiger partial charge in [0.25, 0.3) is 10.1 Å². The summed E-state index contributed by atoms with van der Waals surface area (Å²) in [6.07, 6.45) is 0.360. The molecule has 3 rings (SSSR count). The van der Waals surface area contributed by atoms with Crippen molar-refractivity contribution >= 4 is 10.1 Å². The minimum Gasteiger partial charge on any atom is -0.493 e. The molecule has 140 valence electrons. The van der Waals surface area contributed by atoms with Crippen LogP contribution in [0, 0.1) is 6.92 Å². The highest BCUT2D eigenvalue weighted by Gasteiger charge is 2.15. The van der Waals surface area contributed by atoms with Crippen molar-refractivity contribution in [3.63, 3.8) is 0 Å². The Balaban J connectivity index is 1.61. The van der Waals surface area contributed by atoms with Crippen LogP contribution in [0.25, 0.3) is 0 Å². The van der Waals surface area contributed by atoms with Gasteiger partial charge in [-0.1, -0.05) is 35.9 Å². The SMILES string of the molecule is Cc1ccc(S(=O)(=O)O)c(CCOc2ccc(Oc3ccccc3)cc2)c1. The van der Waals surface area contributed by atoms with E-state index in [0.29, 0.717) is 23.5 Å². The zero-order valence-corrected chi connectivity index (χ0v) is 15.6. The van der Waals surface area contributed by atoms with E-state index in [0.717, 1.165) is 11.3 Å². The molecule has 0 unspecified atom stereocenters. The lowest BCUT2D eigenvalue weighted by molar-refractivity contribution is 0.320. The van der Waals surface area contributed by atoms with Crippen LogP contribution in [0.3, 0.4) is 0 Å². The van der Waals surface area contributed by atoms with Crippen LogP contribution in [0.15, 0.2) is 77.7 Å². The number of hydrogen-bond acceptors (Lipinski definition) is 4. The highest BCUT2D eigenvalue weighted by molar-refractivity contribution is 7.85. The predicted octanol–water partition coefficient (Wildman–Crippen LogP) is 4.66. The number of rotatable bonds is 7. The molecule has 3 aromatic carbocycles. The second-order valence-corrected chi connectivity index (χ2v) is 7.46. The van der Waals surface area contributed by atoms with E-state index in [1.807, 2.05) is 37.3 Å². The van der Waals surface area contributed by atoms with Gasteiger partial charge in [-0.15, -0.1) is 0 Å². The summed E-state index contributed by atoms with van der Waals surface area (Å²) in [4.78, 5) is -0.0803. The fourth-order valence-electron chi connectivity index (χ4n) is 2.66. The van der Waals surface area contributed by atoms with Gasteiger partial charge in [0, 0.05) is 6.42 Å². The molecule has 6 heteroatoms. The molecule has 3 aromatic rings. The van der Waals surface area contributed by atoms with E-state index in [1.165, 1.54) is 6.07 Å². The summed E-state index contributed by atoms with van der Waals surface area (Å²) >= 11 is 0.